The van der Waals surface area contributed by atoms with Crippen LogP contribution in [-0.2, 0) is 9.47 Å². The molecule has 0 atom stereocenters. The summed E-state index contributed by atoms with van der Waals surface area (Å²) in [5.41, 5.74) is 0.935. The van der Waals surface area contributed by atoms with Crippen molar-refractivity contribution in [2.75, 3.05) is 13.7 Å². The highest BCUT2D eigenvalue weighted by molar-refractivity contribution is 9.10. The number of hydrogen-bond acceptors (Lipinski definition) is 4. The van der Waals surface area contributed by atoms with Crippen LogP contribution in [0.1, 0.15) is 43.1 Å². The number of methoxy groups -OCH3 is 1. The summed E-state index contributed by atoms with van der Waals surface area (Å²) in [6.07, 6.45) is 4.11. The third kappa shape index (κ3) is 7.32. The summed E-state index contributed by atoms with van der Waals surface area (Å²) in [5, 5.41) is 2.69. The second-order valence-corrected chi connectivity index (χ2v) is 6.70. The minimum Gasteiger partial charge on any atom is -0.465 e. The molecule has 0 unspecified atom stereocenters. The Morgan fingerprint density at radius 2 is 2.00 bits per heavy atom. The first-order chi connectivity index (χ1) is 10.7. The molecule has 1 aromatic carbocycles. The summed E-state index contributed by atoms with van der Waals surface area (Å²) in [4.78, 5) is 22.9. The number of carbonyl (C=O) groups excluding carboxylic acids is 2. The molecule has 0 fully saturated rings. The Balaban J connectivity index is 2.47. The predicted octanol–water partition coefficient (Wildman–Crippen LogP) is 4.16. The zero-order chi connectivity index (χ0) is 17.5. The van der Waals surface area contributed by atoms with Crippen LogP contribution in [-0.4, -0.2) is 31.3 Å². The van der Waals surface area contributed by atoms with E-state index in [1.807, 2.05) is 39.0 Å². The van der Waals surface area contributed by atoms with Crippen LogP contribution in [0.2, 0.25) is 0 Å². The summed E-state index contributed by atoms with van der Waals surface area (Å²) in [6.45, 7) is 5.95. The van der Waals surface area contributed by atoms with Crippen molar-refractivity contribution in [1.82, 2.24) is 5.32 Å². The van der Waals surface area contributed by atoms with Crippen molar-refractivity contribution in [3.8, 4) is 0 Å². The predicted molar refractivity (Wildman–Crippen MR) is 93.4 cm³/mol. The van der Waals surface area contributed by atoms with Gasteiger partial charge >= 0.3 is 12.1 Å². The van der Waals surface area contributed by atoms with E-state index in [-0.39, 0.29) is 5.97 Å². The van der Waals surface area contributed by atoms with Crippen molar-refractivity contribution >= 4 is 34.1 Å². The third-order valence-electron chi connectivity index (χ3n) is 2.70. The molecule has 0 aliphatic rings. The zero-order valence-electron chi connectivity index (χ0n) is 13.8. The standard InChI is InChI=1S/C17H22BrNO4/c1-17(2,3)23-16(21)19-10-6-5-7-12-8-9-13(11-14(12)18)15(20)22-4/h5,7-9,11H,6,10H2,1-4H3,(H,19,21). The Morgan fingerprint density at radius 3 is 2.57 bits per heavy atom. The smallest absolute Gasteiger partial charge is 0.407 e. The van der Waals surface area contributed by atoms with Crippen LogP contribution < -0.4 is 5.32 Å². The van der Waals surface area contributed by atoms with Crippen LogP contribution >= 0.6 is 15.9 Å². The van der Waals surface area contributed by atoms with Crippen LogP contribution in [0.4, 0.5) is 4.79 Å². The van der Waals surface area contributed by atoms with Crippen molar-refractivity contribution in [3.63, 3.8) is 0 Å². The lowest BCUT2D eigenvalue weighted by molar-refractivity contribution is 0.0527. The number of benzene rings is 1. The average Bonchev–Trinajstić information content (AvgIpc) is 2.45. The molecule has 6 heteroatoms. The molecular formula is C17H22BrNO4. The summed E-state index contributed by atoms with van der Waals surface area (Å²) < 4.78 is 10.6. The molecule has 1 aromatic rings. The lowest BCUT2D eigenvalue weighted by Crippen LogP contribution is -2.32. The first kappa shape index (κ1) is 19.2. The number of amides is 1. The number of ether oxygens (including phenoxy) is 2. The highest BCUT2D eigenvalue weighted by atomic mass is 79.9. The Hall–Kier alpha value is -1.82. The van der Waals surface area contributed by atoms with Gasteiger partial charge in [-0.25, -0.2) is 9.59 Å². The lowest BCUT2D eigenvalue weighted by Gasteiger charge is -2.19. The van der Waals surface area contributed by atoms with Gasteiger partial charge in [0.15, 0.2) is 0 Å². The van der Waals surface area contributed by atoms with Gasteiger partial charge in [-0.2, -0.15) is 0 Å². The molecule has 0 radical (unpaired) electrons. The number of nitrogens with one attached hydrogen (secondary N) is 1. The average molecular weight is 384 g/mol. The van der Waals surface area contributed by atoms with Crippen LogP contribution in [0.15, 0.2) is 28.7 Å². The highest BCUT2D eigenvalue weighted by Crippen LogP contribution is 2.20. The fourth-order valence-corrected chi connectivity index (χ4v) is 2.20. The van der Waals surface area contributed by atoms with Crippen molar-refractivity contribution in [3.05, 3.63) is 39.9 Å². The van der Waals surface area contributed by atoms with Crippen molar-refractivity contribution < 1.29 is 19.1 Å². The number of esters is 1. The molecule has 0 spiro atoms. The lowest BCUT2D eigenvalue weighted by atomic mass is 10.1. The van der Waals surface area contributed by atoms with Crippen molar-refractivity contribution in [2.24, 2.45) is 0 Å². The maximum absolute atomic E-state index is 11.5. The van der Waals surface area contributed by atoms with E-state index >= 15 is 0 Å². The Kier molecular flexibility index (Phi) is 7.29. The number of rotatable bonds is 5. The number of hydrogen-bond donors (Lipinski definition) is 1. The molecule has 0 saturated heterocycles. The molecular weight excluding hydrogens is 362 g/mol. The first-order valence-corrected chi connectivity index (χ1v) is 8.03. The molecule has 126 valence electrons. The van der Waals surface area contributed by atoms with Crippen molar-refractivity contribution in [1.29, 1.82) is 0 Å². The summed E-state index contributed by atoms with van der Waals surface area (Å²) in [7, 11) is 1.35. The van der Waals surface area contributed by atoms with E-state index in [4.69, 9.17) is 4.74 Å². The minimum absolute atomic E-state index is 0.372. The van der Waals surface area contributed by atoms with E-state index in [0.29, 0.717) is 18.5 Å². The first-order valence-electron chi connectivity index (χ1n) is 7.24. The molecule has 23 heavy (non-hydrogen) atoms. The normalized spacial score (nSPS) is 11.3. The number of alkyl carbamates (subject to hydrolysis) is 1. The van der Waals surface area contributed by atoms with Gasteiger partial charge in [0.05, 0.1) is 12.7 Å². The molecule has 1 amide bonds. The number of carbonyl (C=O) groups is 2. The van der Waals surface area contributed by atoms with E-state index in [1.165, 1.54) is 7.11 Å². The van der Waals surface area contributed by atoms with Gasteiger partial charge in [0, 0.05) is 11.0 Å². The molecule has 0 aliphatic heterocycles. The molecule has 0 aromatic heterocycles. The largest absolute Gasteiger partial charge is 0.465 e. The molecule has 0 heterocycles. The number of halogens is 1. The van der Waals surface area contributed by atoms with E-state index < -0.39 is 11.7 Å². The van der Waals surface area contributed by atoms with Gasteiger partial charge in [0.1, 0.15) is 5.60 Å². The summed E-state index contributed by atoms with van der Waals surface area (Å²) in [6, 6.07) is 5.24. The molecule has 1 rings (SSSR count). The van der Waals surface area contributed by atoms with Gasteiger partial charge in [-0.1, -0.05) is 34.1 Å². The van der Waals surface area contributed by atoms with Crippen LogP contribution in [0.5, 0.6) is 0 Å². The minimum atomic E-state index is -0.494. The third-order valence-corrected chi connectivity index (χ3v) is 3.38. The van der Waals surface area contributed by atoms with E-state index in [2.05, 4.69) is 26.0 Å². The summed E-state index contributed by atoms with van der Waals surface area (Å²) >= 11 is 3.42. The SMILES string of the molecule is COC(=O)c1ccc(C=CCCNC(=O)OC(C)(C)C)c(Br)c1. The van der Waals surface area contributed by atoms with Gasteiger partial charge < -0.3 is 14.8 Å². The summed E-state index contributed by atoms with van der Waals surface area (Å²) in [5.74, 6) is -0.372. The van der Waals surface area contributed by atoms with Crippen LogP contribution in [0.25, 0.3) is 6.08 Å². The molecule has 1 N–H and O–H groups in total. The van der Waals surface area contributed by atoms with Gasteiger partial charge in [-0.15, -0.1) is 0 Å². The maximum Gasteiger partial charge on any atom is 0.407 e. The van der Waals surface area contributed by atoms with Gasteiger partial charge in [-0.3, -0.25) is 0 Å². The Bertz CT molecular complexity index is 591. The Morgan fingerprint density at radius 1 is 1.30 bits per heavy atom. The molecule has 0 saturated carbocycles. The fourth-order valence-electron chi connectivity index (χ4n) is 1.69. The monoisotopic (exact) mass is 383 g/mol. The van der Waals surface area contributed by atoms with Crippen LogP contribution in [0.3, 0.4) is 0 Å². The van der Waals surface area contributed by atoms with E-state index in [9.17, 15) is 9.59 Å². The Labute approximate surface area is 145 Å². The van der Waals surface area contributed by atoms with Gasteiger partial charge in [-0.05, 0) is 44.9 Å². The zero-order valence-corrected chi connectivity index (χ0v) is 15.4. The second-order valence-electron chi connectivity index (χ2n) is 5.85. The van der Waals surface area contributed by atoms with E-state index in [1.54, 1.807) is 12.1 Å². The van der Waals surface area contributed by atoms with Gasteiger partial charge in [0.2, 0.25) is 0 Å². The van der Waals surface area contributed by atoms with E-state index in [0.717, 1.165) is 10.0 Å². The quantitative estimate of drug-likeness (QED) is 0.612. The van der Waals surface area contributed by atoms with Crippen LogP contribution in [0, 0.1) is 0 Å². The molecule has 0 aliphatic carbocycles. The van der Waals surface area contributed by atoms with Crippen molar-refractivity contribution in [2.45, 2.75) is 32.8 Å². The second kappa shape index (κ2) is 8.72. The highest BCUT2D eigenvalue weighted by Gasteiger charge is 2.15. The fraction of sp³-hybridized carbons (Fsp3) is 0.412. The van der Waals surface area contributed by atoms with Gasteiger partial charge in [0.25, 0.3) is 0 Å². The molecule has 5 nitrogen and oxygen atoms in total. The maximum atomic E-state index is 11.5. The topological polar surface area (TPSA) is 64.6 Å². The molecule has 0 bridgehead atoms.